The average molecular weight is 358 g/mol. The molecule has 21 heavy (non-hydrogen) atoms. The summed E-state index contributed by atoms with van der Waals surface area (Å²) in [7, 11) is 0. The Balaban J connectivity index is 2.00. The number of nitrogens with one attached hydrogen (secondary N) is 1. The van der Waals surface area contributed by atoms with Gasteiger partial charge < -0.3 is 19.5 Å². The highest BCUT2D eigenvalue weighted by atomic mass is 79.9. The Morgan fingerprint density at radius 3 is 2.67 bits per heavy atom. The quantitative estimate of drug-likeness (QED) is 0.838. The van der Waals surface area contributed by atoms with Crippen LogP contribution in [0.1, 0.15) is 31.1 Å². The monoisotopic (exact) mass is 357 g/mol. The van der Waals surface area contributed by atoms with Gasteiger partial charge in [0.2, 0.25) is 0 Å². The van der Waals surface area contributed by atoms with Crippen molar-refractivity contribution in [2.24, 2.45) is 0 Å². The summed E-state index contributed by atoms with van der Waals surface area (Å²) in [6, 6.07) is 5.40. The van der Waals surface area contributed by atoms with Crippen LogP contribution in [0, 0.1) is 0 Å². The smallest absolute Gasteiger partial charge is 0.338 e. The number of esters is 1. The molecule has 0 radical (unpaired) electrons. The van der Waals surface area contributed by atoms with E-state index in [0.717, 1.165) is 10.2 Å². The van der Waals surface area contributed by atoms with Crippen molar-refractivity contribution in [2.45, 2.75) is 32.6 Å². The van der Waals surface area contributed by atoms with Gasteiger partial charge in [0.05, 0.1) is 31.4 Å². The van der Waals surface area contributed by atoms with Gasteiger partial charge in [0, 0.05) is 10.2 Å². The highest BCUT2D eigenvalue weighted by molar-refractivity contribution is 9.10. The van der Waals surface area contributed by atoms with E-state index in [-0.39, 0.29) is 12.0 Å². The first-order valence-electron chi connectivity index (χ1n) is 6.92. The highest BCUT2D eigenvalue weighted by Gasteiger charge is 2.28. The zero-order valence-electron chi connectivity index (χ0n) is 12.4. The summed E-state index contributed by atoms with van der Waals surface area (Å²) < 4.78 is 17.0. The summed E-state index contributed by atoms with van der Waals surface area (Å²) >= 11 is 3.46. The molecule has 1 aromatic rings. The van der Waals surface area contributed by atoms with Crippen molar-refractivity contribution in [3.63, 3.8) is 0 Å². The van der Waals surface area contributed by atoms with Gasteiger partial charge >= 0.3 is 5.97 Å². The lowest BCUT2D eigenvalue weighted by Crippen LogP contribution is -2.45. The van der Waals surface area contributed by atoms with E-state index in [0.29, 0.717) is 25.4 Å². The van der Waals surface area contributed by atoms with Crippen LogP contribution in [0.5, 0.6) is 0 Å². The molecule has 6 heteroatoms. The van der Waals surface area contributed by atoms with Crippen LogP contribution in [0.25, 0.3) is 0 Å². The van der Waals surface area contributed by atoms with Crippen LogP contribution in [0.2, 0.25) is 0 Å². The minimum absolute atomic E-state index is 0.0720. The maximum atomic E-state index is 11.7. The first kappa shape index (κ1) is 16.3. The topological polar surface area (TPSA) is 56.8 Å². The van der Waals surface area contributed by atoms with Gasteiger partial charge in [0.15, 0.2) is 5.79 Å². The Labute approximate surface area is 133 Å². The number of carbonyl (C=O) groups is 1. The van der Waals surface area contributed by atoms with E-state index < -0.39 is 5.79 Å². The van der Waals surface area contributed by atoms with Crippen LogP contribution in [0.15, 0.2) is 22.7 Å². The molecule has 1 N–H and O–H groups in total. The molecule has 0 atom stereocenters. The van der Waals surface area contributed by atoms with E-state index in [2.05, 4.69) is 21.2 Å². The molecule has 0 aliphatic carbocycles. The Morgan fingerprint density at radius 1 is 1.43 bits per heavy atom. The maximum Gasteiger partial charge on any atom is 0.338 e. The molecule has 1 aliphatic heterocycles. The number of anilines is 1. The molecule has 0 amide bonds. The lowest BCUT2D eigenvalue weighted by molar-refractivity contribution is -0.247. The van der Waals surface area contributed by atoms with Crippen LogP contribution >= 0.6 is 15.9 Å². The molecule has 1 aliphatic rings. The van der Waals surface area contributed by atoms with E-state index in [9.17, 15) is 4.79 Å². The van der Waals surface area contributed by atoms with E-state index in [1.807, 2.05) is 19.9 Å². The van der Waals surface area contributed by atoms with Gasteiger partial charge in [-0.3, -0.25) is 0 Å². The van der Waals surface area contributed by atoms with Gasteiger partial charge in [-0.15, -0.1) is 0 Å². The molecule has 0 saturated carbocycles. The maximum absolute atomic E-state index is 11.7. The van der Waals surface area contributed by atoms with Gasteiger partial charge in [-0.05, 0) is 54.9 Å². The van der Waals surface area contributed by atoms with E-state index in [1.165, 1.54) is 0 Å². The minimum atomic E-state index is -0.525. The van der Waals surface area contributed by atoms with Crippen LogP contribution < -0.4 is 5.32 Å². The number of benzene rings is 1. The largest absolute Gasteiger partial charge is 0.462 e. The fourth-order valence-corrected chi connectivity index (χ4v) is 2.46. The number of rotatable bonds is 4. The Kier molecular flexibility index (Phi) is 5.24. The van der Waals surface area contributed by atoms with E-state index >= 15 is 0 Å². The number of ether oxygens (including phenoxy) is 3. The molecule has 1 fully saturated rings. The molecule has 0 spiro atoms. The van der Waals surface area contributed by atoms with Gasteiger partial charge in [0.25, 0.3) is 0 Å². The van der Waals surface area contributed by atoms with Crippen LogP contribution in [-0.4, -0.2) is 37.6 Å². The second-order valence-electron chi connectivity index (χ2n) is 5.28. The Bertz CT molecular complexity index is 508. The third-order valence-corrected chi connectivity index (χ3v) is 3.76. The average Bonchev–Trinajstić information content (AvgIpc) is 2.43. The molecule has 1 heterocycles. The molecule has 1 aromatic carbocycles. The standard InChI is InChI=1S/C15H20BrNO4/c1-4-19-14(18)10-5-6-13(12(16)7-10)17-11-8-20-15(2,3)21-9-11/h5-7,11,17H,4,8-9H2,1-3H3. The van der Waals surface area contributed by atoms with Crippen molar-refractivity contribution in [1.29, 1.82) is 0 Å². The third kappa shape index (κ3) is 4.43. The van der Waals surface area contributed by atoms with Crippen molar-refractivity contribution < 1.29 is 19.0 Å². The molecule has 5 nitrogen and oxygen atoms in total. The summed E-state index contributed by atoms with van der Waals surface area (Å²) in [6.07, 6.45) is 0. The van der Waals surface area contributed by atoms with Gasteiger partial charge in [0.1, 0.15) is 0 Å². The zero-order valence-corrected chi connectivity index (χ0v) is 14.0. The number of hydrogen-bond donors (Lipinski definition) is 1. The molecular formula is C15H20BrNO4. The molecule has 0 bridgehead atoms. The first-order chi connectivity index (χ1) is 9.91. The summed E-state index contributed by atoms with van der Waals surface area (Å²) in [5.41, 5.74) is 1.41. The first-order valence-corrected chi connectivity index (χ1v) is 7.71. The fraction of sp³-hybridized carbons (Fsp3) is 0.533. The number of hydrogen-bond acceptors (Lipinski definition) is 5. The summed E-state index contributed by atoms with van der Waals surface area (Å²) in [6.45, 7) is 7.08. The minimum Gasteiger partial charge on any atom is -0.462 e. The Hall–Kier alpha value is -1.11. The SMILES string of the molecule is CCOC(=O)c1ccc(NC2COC(C)(C)OC2)c(Br)c1. The van der Waals surface area contributed by atoms with Crippen LogP contribution in [0.3, 0.4) is 0 Å². The fourth-order valence-electron chi connectivity index (χ4n) is 1.97. The molecular weight excluding hydrogens is 338 g/mol. The number of carbonyl (C=O) groups excluding carboxylic acids is 1. The summed E-state index contributed by atoms with van der Waals surface area (Å²) in [5, 5.41) is 3.34. The lowest BCUT2D eigenvalue weighted by atomic mass is 10.2. The van der Waals surface area contributed by atoms with Crippen molar-refractivity contribution >= 4 is 27.6 Å². The second-order valence-corrected chi connectivity index (χ2v) is 6.13. The third-order valence-electron chi connectivity index (χ3n) is 3.10. The zero-order chi connectivity index (χ0) is 15.5. The Morgan fingerprint density at radius 2 is 2.10 bits per heavy atom. The van der Waals surface area contributed by atoms with Crippen molar-refractivity contribution in [3.8, 4) is 0 Å². The van der Waals surface area contributed by atoms with Gasteiger partial charge in [-0.25, -0.2) is 4.79 Å². The van der Waals surface area contributed by atoms with E-state index in [1.54, 1.807) is 19.1 Å². The molecule has 0 unspecified atom stereocenters. The van der Waals surface area contributed by atoms with Crippen LogP contribution in [0.4, 0.5) is 5.69 Å². The second kappa shape index (κ2) is 6.77. The van der Waals surface area contributed by atoms with Gasteiger partial charge in [-0.2, -0.15) is 0 Å². The van der Waals surface area contributed by atoms with Crippen molar-refractivity contribution in [2.75, 3.05) is 25.1 Å². The lowest BCUT2D eigenvalue weighted by Gasteiger charge is -2.35. The molecule has 0 aromatic heterocycles. The van der Waals surface area contributed by atoms with Crippen molar-refractivity contribution in [3.05, 3.63) is 28.2 Å². The highest BCUT2D eigenvalue weighted by Crippen LogP contribution is 2.26. The summed E-state index contributed by atoms with van der Waals surface area (Å²) in [4.78, 5) is 11.7. The van der Waals surface area contributed by atoms with Crippen LogP contribution in [-0.2, 0) is 14.2 Å². The predicted octanol–water partition coefficient (Wildman–Crippen LogP) is 3.19. The molecule has 1 saturated heterocycles. The normalized spacial score (nSPS) is 18.3. The summed E-state index contributed by atoms with van der Waals surface area (Å²) in [5.74, 6) is -0.848. The van der Waals surface area contributed by atoms with E-state index in [4.69, 9.17) is 14.2 Å². The molecule has 116 valence electrons. The predicted molar refractivity (Wildman–Crippen MR) is 83.5 cm³/mol. The molecule has 2 rings (SSSR count). The van der Waals surface area contributed by atoms with Gasteiger partial charge in [-0.1, -0.05) is 0 Å². The van der Waals surface area contributed by atoms with Crippen molar-refractivity contribution in [1.82, 2.24) is 0 Å². The number of halogens is 1.